The van der Waals surface area contributed by atoms with Crippen LogP contribution in [0.4, 0.5) is 0 Å². The Kier molecular flexibility index (Phi) is 11.0. The summed E-state index contributed by atoms with van der Waals surface area (Å²) in [6.45, 7) is 26.5. The molecule has 0 heterocycles. The second-order valence-electron chi connectivity index (χ2n) is 13.8. The van der Waals surface area contributed by atoms with Gasteiger partial charge in [-0.05, 0) is 65.3 Å². The predicted octanol–water partition coefficient (Wildman–Crippen LogP) is 9.88. The van der Waals surface area contributed by atoms with E-state index < -0.39 is 5.97 Å². The van der Waals surface area contributed by atoms with E-state index in [1.54, 1.807) is 0 Å². The van der Waals surface area contributed by atoms with Crippen LogP contribution in [0, 0.1) is 0 Å². The van der Waals surface area contributed by atoms with Gasteiger partial charge in [0.2, 0.25) is 0 Å². The molecular formula is C33H50O4S2. The molecule has 0 bridgehead atoms. The lowest BCUT2D eigenvalue weighted by atomic mass is 9.79. The Hall–Kier alpha value is -1.79. The van der Waals surface area contributed by atoms with Gasteiger partial charge in [-0.15, -0.1) is 23.5 Å². The van der Waals surface area contributed by atoms with Crippen LogP contribution in [0.15, 0.2) is 34.1 Å². The van der Waals surface area contributed by atoms with Crippen LogP contribution in [0.5, 0.6) is 11.5 Å². The zero-order valence-corrected chi connectivity index (χ0v) is 27.7. The maximum atomic E-state index is 11.0. The number of benzene rings is 2. The molecule has 0 saturated heterocycles. The molecule has 2 N–H and O–H groups in total. The van der Waals surface area contributed by atoms with Gasteiger partial charge in [0.1, 0.15) is 11.5 Å². The fourth-order valence-electron chi connectivity index (χ4n) is 4.45. The van der Waals surface area contributed by atoms with Crippen LogP contribution in [0.3, 0.4) is 0 Å². The number of ether oxygens (including phenoxy) is 1. The smallest absolute Gasteiger partial charge is 0.303 e. The minimum absolute atomic E-state index is 0.102. The van der Waals surface area contributed by atoms with Gasteiger partial charge in [-0.2, -0.15) is 0 Å². The summed E-state index contributed by atoms with van der Waals surface area (Å²) < 4.78 is 6.56. The van der Waals surface area contributed by atoms with Crippen molar-refractivity contribution in [1.29, 1.82) is 0 Å². The molecule has 0 spiro atoms. The summed E-state index contributed by atoms with van der Waals surface area (Å²) >= 11 is 3.66. The molecule has 0 aliphatic rings. The van der Waals surface area contributed by atoms with E-state index in [0.717, 1.165) is 28.0 Å². The molecule has 0 aromatic heterocycles. The molecule has 4 nitrogen and oxygen atoms in total. The Balaban J connectivity index is 2.46. The Morgan fingerprint density at radius 2 is 1.23 bits per heavy atom. The number of carboxylic acids is 1. The Bertz CT molecular complexity index is 1110. The van der Waals surface area contributed by atoms with E-state index >= 15 is 0 Å². The number of phenols is 1. The third kappa shape index (κ3) is 9.38. The highest BCUT2D eigenvalue weighted by atomic mass is 32.2. The van der Waals surface area contributed by atoms with Crippen LogP contribution >= 0.6 is 23.5 Å². The quantitative estimate of drug-likeness (QED) is 0.167. The normalized spacial score (nSPS) is 13.6. The molecule has 2 rings (SSSR count). The highest BCUT2D eigenvalue weighted by molar-refractivity contribution is 8.17. The van der Waals surface area contributed by atoms with E-state index in [1.807, 2.05) is 23.5 Å². The van der Waals surface area contributed by atoms with E-state index in [9.17, 15) is 9.90 Å². The van der Waals surface area contributed by atoms with Gasteiger partial charge in [0.05, 0.1) is 11.2 Å². The summed E-state index contributed by atoms with van der Waals surface area (Å²) in [6.07, 6.45) is 0.583. The van der Waals surface area contributed by atoms with Crippen molar-refractivity contribution in [1.82, 2.24) is 0 Å². The van der Waals surface area contributed by atoms with Crippen molar-refractivity contribution >= 4 is 29.5 Å². The van der Waals surface area contributed by atoms with E-state index in [1.165, 1.54) is 9.79 Å². The molecule has 39 heavy (non-hydrogen) atoms. The molecule has 0 fully saturated rings. The fourth-order valence-corrected chi connectivity index (χ4v) is 6.83. The second kappa shape index (κ2) is 12.8. The topological polar surface area (TPSA) is 66.8 Å². The van der Waals surface area contributed by atoms with Crippen molar-refractivity contribution in [2.24, 2.45) is 0 Å². The summed E-state index contributed by atoms with van der Waals surface area (Å²) in [4.78, 5) is 13.4. The lowest BCUT2D eigenvalue weighted by Crippen LogP contribution is -2.20. The Labute approximate surface area is 245 Å². The summed E-state index contributed by atoms with van der Waals surface area (Å²) in [5.41, 5.74) is 3.85. The summed E-state index contributed by atoms with van der Waals surface area (Å²) in [6, 6.07) is 8.80. The molecule has 0 saturated carbocycles. The number of aliphatic carboxylic acids is 1. The first-order valence-electron chi connectivity index (χ1n) is 14.0. The first kappa shape index (κ1) is 33.4. The zero-order chi connectivity index (χ0) is 29.9. The minimum Gasteiger partial charge on any atom is -0.507 e. The summed E-state index contributed by atoms with van der Waals surface area (Å²) in [5.74, 6) is 0.750. The van der Waals surface area contributed by atoms with Crippen molar-refractivity contribution in [2.75, 3.05) is 6.61 Å². The number of aromatic hydroxyl groups is 1. The van der Waals surface area contributed by atoms with Crippen molar-refractivity contribution in [3.8, 4) is 11.5 Å². The average Bonchev–Trinajstić information content (AvgIpc) is 2.75. The Morgan fingerprint density at radius 1 is 0.795 bits per heavy atom. The first-order chi connectivity index (χ1) is 17.7. The standard InChI is InChI=1S/C33H50O4S2/c1-20(2)24-16-22(17-25(29(24)36)31(4,5)6)38-21(3)39-23-18-26(32(7,8)9)30(27(19-23)33(10,11)12)37-15-13-14-28(34)35/h16-21,36H,13-15H2,1-12H3,(H,34,35). The van der Waals surface area contributed by atoms with Gasteiger partial charge in [0.25, 0.3) is 0 Å². The molecule has 2 aromatic rings. The van der Waals surface area contributed by atoms with Gasteiger partial charge in [0, 0.05) is 32.9 Å². The van der Waals surface area contributed by atoms with Crippen LogP contribution in [0.1, 0.15) is 124 Å². The van der Waals surface area contributed by atoms with Gasteiger partial charge in [-0.3, -0.25) is 4.79 Å². The fraction of sp³-hybridized carbons (Fsp3) is 0.606. The number of carboxylic acid groups (broad SMARTS) is 1. The molecule has 1 unspecified atom stereocenters. The number of hydrogen-bond donors (Lipinski definition) is 2. The van der Waals surface area contributed by atoms with Crippen molar-refractivity contribution in [2.45, 2.75) is 132 Å². The zero-order valence-electron chi connectivity index (χ0n) is 26.1. The third-order valence-corrected chi connectivity index (χ3v) is 8.86. The number of hydrogen-bond acceptors (Lipinski definition) is 5. The molecular weight excluding hydrogens is 524 g/mol. The largest absolute Gasteiger partial charge is 0.507 e. The number of phenolic OH excluding ortho intramolecular Hbond substituents is 1. The highest BCUT2D eigenvalue weighted by Gasteiger charge is 2.29. The lowest BCUT2D eigenvalue weighted by Gasteiger charge is -2.31. The molecule has 1 atom stereocenters. The monoisotopic (exact) mass is 574 g/mol. The van der Waals surface area contributed by atoms with Gasteiger partial charge in [-0.25, -0.2) is 0 Å². The number of carbonyl (C=O) groups is 1. The lowest BCUT2D eigenvalue weighted by molar-refractivity contribution is -0.137. The van der Waals surface area contributed by atoms with E-state index in [4.69, 9.17) is 9.84 Å². The second-order valence-corrected chi connectivity index (χ2v) is 16.9. The molecule has 2 aromatic carbocycles. The van der Waals surface area contributed by atoms with Crippen molar-refractivity contribution < 1.29 is 19.7 Å². The molecule has 6 heteroatoms. The van der Waals surface area contributed by atoms with Crippen molar-refractivity contribution in [3.05, 3.63) is 46.5 Å². The van der Waals surface area contributed by atoms with Crippen LogP contribution in [-0.4, -0.2) is 27.4 Å². The first-order valence-corrected chi connectivity index (χ1v) is 15.7. The molecule has 0 aliphatic carbocycles. The van der Waals surface area contributed by atoms with Crippen LogP contribution in [-0.2, 0) is 21.0 Å². The molecule has 0 aliphatic heterocycles. The van der Waals surface area contributed by atoms with E-state index in [0.29, 0.717) is 18.8 Å². The third-order valence-electron chi connectivity index (χ3n) is 6.61. The van der Waals surface area contributed by atoms with Crippen LogP contribution in [0.2, 0.25) is 0 Å². The molecule has 0 amide bonds. The van der Waals surface area contributed by atoms with Gasteiger partial charge >= 0.3 is 5.97 Å². The van der Waals surface area contributed by atoms with Gasteiger partial charge in [0.15, 0.2) is 0 Å². The molecule has 0 radical (unpaired) electrons. The number of thioether (sulfide) groups is 2. The molecule has 218 valence electrons. The maximum Gasteiger partial charge on any atom is 0.303 e. The summed E-state index contributed by atoms with van der Waals surface area (Å²) in [7, 11) is 0. The summed E-state index contributed by atoms with van der Waals surface area (Å²) in [5, 5.41) is 20.0. The van der Waals surface area contributed by atoms with E-state index in [-0.39, 0.29) is 33.2 Å². The number of rotatable bonds is 10. The van der Waals surface area contributed by atoms with Crippen LogP contribution in [0.25, 0.3) is 0 Å². The van der Waals surface area contributed by atoms with Gasteiger partial charge < -0.3 is 14.9 Å². The van der Waals surface area contributed by atoms with Crippen molar-refractivity contribution in [3.63, 3.8) is 0 Å². The van der Waals surface area contributed by atoms with Crippen LogP contribution < -0.4 is 4.74 Å². The SMILES string of the molecule is CC(Sc1cc(C(C)C)c(O)c(C(C)(C)C)c1)Sc1cc(C(C)(C)C)c(OCCCC(=O)O)c(C(C)(C)C)c1. The predicted molar refractivity (Wildman–Crippen MR) is 168 cm³/mol. The minimum atomic E-state index is -0.798. The average molecular weight is 575 g/mol. The van der Waals surface area contributed by atoms with E-state index in [2.05, 4.69) is 107 Å². The highest BCUT2D eigenvalue weighted by Crippen LogP contribution is 2.46. The van der Waals surface area contributed by atoms with Gasteiger partial charge in [-0.1, -0.05) is 76.2 Å². The Morgan fingerprint density at radius 3 is 1.64 bits per heavy atom. The maximum absolute atomic E-state index is 11.0.